The van der Waals surface area contributed by atoms with Crippen molar-refractivity contribution < 1.29 is 43.0 Å². The fourth-order valence-corrected chi connectivity index (χ4v) is 4.44. The average molecular weight is 698 g/mol. The minimum Gasteiger partial charge on any atom is -0.460 e. The Hall–Kier alpha value is -4.98. The number of amides is 4. The molecule has 0 saturated carbocycles. The number of esters is 2. The molecule has 0 aliphatic carbocycles. The van der Waals surface area contributed by atoms with E-state index >= 15 is 0 Å². The van der Waals surface area contributed by atoms with Crippen molar-refractivity contribution in [3.8, 4) is 0 Å². The number of hydrogen-bond acceptors (Lipinski definition) is 10. The summed E-state index contributed by atoms with van der Waals surface area (Å²) in [5.41, 5.74) is 5.79. The second-order valence-corrected chi connectivity index (χ2v) is 13.6. The molecule has 0 bridgehead atoms. The highest BCUT2D eigenvalue weighted by atomic mass is 16.6. The lowest BCUT2D eigenvalue weighted by Gasteiger charge is -2.25. The fraction of sp³-hybridized carbons (Fsp3) is 0.500. The first-order valence-corrected chi connectivity index (χ1v) is 16.5. The lowest BCUT2D eigenvalue weighted by Crippen LogP contribution is -2.52. The third kappa shape index (κ3) is 16.9. The van der Waals surface area contributed by atoms with E-state index < -0.39 is 72.0 Å². The number of ether oxygens (including phenoxy) is 3. The molecule has 0 radical (unpaired) electrons. The Bertz CT molecular complexity index is 1450. The molecule has 4 amide bonds. The zero-order valence-electron chi connectivity index (χ0n) is 29.8. The molecule has 6 N–H and O–H groups in total. The lowest BCUT2D eigenvalue weighted by atomic mass is 10.1. The molecule has 0 fully saturated rings. The molecule has 14 heteroatoms. The minimum atomic E-state index is -1.37. The maximum atomic E-state index is 13.2. The Kier molecular flexibility index (Phi) is 16.4. The van der Waals surface area contributed by atoms with Crippen LogP contribution in [0, 0.1) is 0 Å². The monoisotopic (exact) mass is 697 g/mol. The molecule has 14 nitrogen and oxygen atoms in total. The normalized spacial score (nSPS) is 12.5. The molecule has 2 aromatic rings. The van der Waals surface area contributed by atoms with Crippen molar-refractivity contribution in [2.45, 2.75) is 104 Å². The minimum absolute atomic E-state index is 0.132. The maximum Gasteiger partial charge on any atom is 0.407 e. The van der Waals surface area contributed by atoms with E-state index in [-0.39, 0.29) is 31.7 Å². The summed E-state index contributed by atoms with van der Waals surface area (Å²) in [4.78, 5) is 76.7. The number of carbonyl (C=O) groups is 6. The second kappa shape index (κ2) is 19.9. The van der Waals surface area contributed by atoms with Crippen LogP contribution in [-0.2, 0) is 46.5 Å². The summed E-state index contributed by atoms with van der Waals surface area (Å²) in [6, 6.07) is 13.3. The van der Waals surface area contributed by atoms with Gasteiger partial charge in [0, 0.05) is 18.7 Å². The van der Waals surface area contributed by atoms with Gasteiger partial charge in [-0.2, -0.15) is 0 Å². The van der Waals surface area contributed by atoms with Crippen molar-refractivity contribution in [3.05, 3.63) is 71.3 Å². The number of nitrogens with two attached hydrogens (primary N) is 1. The molecular weight excluding hydrogens is 646 g/mol. The molecule has 0 aliphatic heterocycles. The van der Waals surface area contributed by atoms with Gasteiger partial charge in [-0.3, -0.25) is 19.2 Å². The van der Waals surface area contributed by atoms with Gasteiger partial charge in [0.2, 0.25) is 11.8 Å². The number of carbonyl (C=O) groups excluding carboxylic acids is 6. The van der Waals surface area contributed by atoms with E-state index in [2.05, 4.69) is 21.3 Å². The average Bonchev–Trinajstić information content (AvgIpc) is 3.04. The van der Waals surface area contributed by atoms with E-state index in [4.69, 9.17) is 19.9 Å². The molecule has 0 aromatic heterocycles. The summed E-state index contributed by atoms with van der Waals surface area (Å²) in [6.45, 7) is 10.1. The number of rotatable bonds is 17. The van der Waals surface area contributed by atoms with Gasteiger partial charge in [0.1, 0.15) is 29.9 Å². The molecule has 0 unspecified atom stereocenters. The van der Waals surface area contributed by atoms with Crippen molar-refractivity contribution in [1.29, 1.82) is 0 Å². The van der Waals surface area contributed by atoms with Gasteiger partial charge in [0.15, 0.2) is 0 Å². The first kappa shape index (κ1) is 41.2. The van der Waals surface area contributed by atoms with E-state index in [1.54, 1.807) is 59.7 Å². The molecule has 0 heterocycles. The van der Waals surface area contributed by atoms with Crippen LogP contribution in [0.1, 0.15) is 88.7 Å². The van der Waals surface area contributed by atoms with Crippen molar-refractivity contribution in [1.82, 2.24) is 21.3 Å². The van der Waals surface area contributed by atoms with Gasteiger partial charge < -0.3 is 41.2 Å². The molecular formula is C36H51N5O9. The van der Waals surface area contributed by atoms with Gasteiger partial charge in [0.05, 0.1) is 13.0 Å². The van der Waals surface area contributed by atoms with Gasteiger partial charge in [-0.1, -0.05) is 42.5 Å². The van der Waals surface area contributed by atoms with Crippen LogP contribution in [0.25, 0.3) is 0 Å². The van der Waals surface area contributed by atoms with Gasteiger partial charge in [0.25, 0.3) is 5.91 Å². The van der Waals surface area contributed by atoms with Crippen LogP contribution < -0.4 is 27.0 Å². The zero-order valence-corrected chi connectivity index (χ0v) is 29.8. The molecule has 0 aliphatic rings. The Morgan fingerprint density at radius 3 is 2.06 bits per heavy atom. The summed E-state index contributed by atoms with van der Waals surface area (Å²) in [7, 11) is 0. The summed E-state index contributed by atoms with van der Waals surface area (Å²) in [6.07, 6.45) is 0.0275. The van der Waals surface area contributed by atoms with Gasteiger partial charge in [-0.15, -0.1) is 0 Å². The van der Waals surface area contributed by atoms with Crippen LogP contribution in [0.4, 0.5) is 4.79 Å². The van der Waals surface area contributed by atoms with Crippen molar-refractivity contribution in [2.75, 3.05) is 13.1 Å². The Labute approximate surface area is 293 Å². The van der Waals surface area contributed by atoms with Crippen LogP contribution in [0.5, 0.6) is 0 Å². The van der Waals surface area contributed by atoms with Gasteiger partial charge in [-0.25, -0.2) is 9.59 Å². The highest BCUT2D eigenvalue weighted by molar-refractivity contribution is 5.99. The van der Waals surface area contributed by atoms with Gasteiger partial charge >= 0.3 is 18.0 Å². The SMILES string of the molecule is CC(C)(C)OC(=O)C[C@H](NC(=O)c1cccc(CN)c1)C(=O)NCC(=O)N[C@@H](CCCCNC(=O)OCc1ccccc1)C(=O)OC(C)(C)C. The topological polar surface area (TPSA) is 204 Å². The second-order valence-electron chi connectivity index (χ2n) is 13.6. The molecule has 0 spiro atoms. The molecule has 2 atom stereocenters. The predicted molar refractivity (Wildman–Crippen MR) is 185 cm³/mol. The third-order valence-electron chi connectivity index (χ3n) is 6.69. The molecule has 0 saturated heterocycles. The summed E-state index contributed by atoms with van der Waals surface area (Å²) >= 11 is 0. The van der Waals surface area contributed by atoms with E-state index in [0.717, 1.165) is 5.56 Å². The zero-order chi connectivity index (χ0) is 37.3. The van der Waals surface area contributed by atoms with Crippen molar-refractivity contribution >= 4 is 35.8 Å². The van der Waals surface area contributed by atoms with E-state index in [0.29, 0.717) is 18.4 Å². The predicted octanol–water partition coefficient (Wildman–Crippen LogP) is 3.01. The van der Waals surface area contributed by atoms with Crippen LogP contribution in [0.2, 0.25) is 0 Å². The van der Waals surface area contributed by atoms with Crippen LogP contribution in [0.3, 0.4) is 0 Å². The standard InChI is InChI=1S/C36H51N5O9/c1-35(2,3)49-30(43)20-28(41-31(44)26-16-12-15-25(19-26)21-37)32(45)39-22-29(42)40-27(33(46)50-36(4,5)6)17-10-11-18-38-34(47)48-23-24-13-8-7-9-14-24/h7-9,12-16,19,27-28H,10-11,17-18,20-23,37H2,1-6H3,(H,38,47)(H,39,45)(H,40,42)(H,41,44)/t27-,28-/m0/s1. The summed E-state index contributed by atoms with van der Waals surface area (Å²) < 4.78 is 16.0. The van der Waals surface area contributed by atoms with E-state index in [1.807, 2.05) is 30.3 Å². The lowest BCUT2D eigenvalue weighted by molar-refractivity contribution is -0.159. The highest BCUT2D eigenvalue weighted by Gasteiger charge is 2.29. The summed E-state index contributed by atoms with van der Waals surface area (Å²) in [5.74, 6) is -3.54. The van der Waals surface area contributed by atoms with Crippen LogP contribution in [0.15, 0.2) is 54.6 Å². The van der Waals surface area contributed by atoms with Crippen LogP contribution >= 0.6 is 0 Å². The Balaban J connectivity index is 1.98. The number of hydrogen-bond donors (Lipinski definition) is 5. The fourth-order valence-electron chi connectivity index (χ4n) is 4.44. The Morgan fingerprint density at radius 1 is 0.760 bits per heavy atom. The molecule has 2 aromatic carbocycles. The summed E-state index contributed by atoms with van der Waals surface area (Å²) in [5, 5.41) is 10.2. The first-order chi connectivity index (χ1) is 23.5. The number of unbranched alkanes of at least 4 members (excludes halogenated alkanes) is 1. The van der Waals surface area contributed by atoms with Crippen LogP contribution in [-0.4, -0.2) is 72.1 Å². The number of benzene rings is 2. The molecule has 2 rings (SSSR count). The van der Waals surface area contributed by atoms with Gasteiger partial charge in [-0.05, 0) is 84.1 Å². The smallest absolute Gasteiger partial charge is 0.407 e. The number of alkyl carbamates (subject to hydrolysis) is 1. The quantitative estimate of drug-likeness (QED) is 0.0929. The van der Waals surface area contributed by atoms with Crippen molar-refractivity contribution in [3.63, 3.8) is 0 Å². The molecule has 50 heavy (non-hydrogen) atoms. The van der Waals surface area contributed by atoms with E-state index in [9.17, 15) is 28.8 Å². The maximum absolute atomic E-state index is 13.2. The first-order valence-electron chi connectivity index (χ1n) is 16.5. The number of nitrogens with one attached hydrogen (secondary N) is 4. The third-order valence-corrected chi connectivity index (χ3v) is 6.69. The highest BCUT2D eigenvalue weighted by Crippen LogP contribution is 2.13. The largest absolute Gasteiger partial charge is 0.460 e. The molecule has 274 valence electrons. The van der Waals surface area contributed by atoms with Crippen molar-refractivity contribution in [2.24, 2.45) is 5.73 Å². The Morgan fingerprint density at radius 2 is 1.42 bits per heavy atom. The van der Waals surface area contributed by atoms with E-state index in [1.165, 1.54) is 6.07 Å².